The van der Waals surface area contributed by atoms with Gasteiger partial charge in [0.25, 0.3) is 0 Å². The third-order valence-electron chi connectivity index (χ3n) is 5.87. The second-order valence-corrected chi connectivity index (χ2v) is 8.68. The van der Waals surface area contributed by atoms with E-state index in [1.807, 2.05) is 48.6 Å². The van der Waals surface area contributed by atoms with E-state index in [2.05, 4.69) is 25.7 Å². The zero-order chi connectivity index (χ0) is 24.4. The van der Waals surface area contributed by atoms with Gasteiger partial charge >= 0.3 is 5.97 Å². The van der Waals surface area contributed by atoms with Crippen LogP contribution in [0.4, 0.5) is 0 Å². The fourth-order valence-electron chi connectivity index (χ4n) is 3.97. The molecule has 0 spiro atoms. The molecule has 3 heteroatoms. The number of hydrogen-bond donors (Lipinski definition) is 1. The number of ether oxygens (including phenoxy) is 1. The van der Waals surface area contributed by atoms with Gasteiger partial charge in [0.1, 0.15) is 5.75 Å². The van der Waals surface area contributed by atoms with Gasteiger partial charge in [-0.15, -0.1) is 0 Å². The highest BCUT2D eigenvalue weighted by atomic mass is 16.5. The van der Waals surface area contributed by atoms with Crippen molar-refractivity contribution >= 4 is 5.97 Å². The molecule has 0 saturated carbocycles. The summed E-state index contributed by atoms with van der Waals surface area (Å²) in [4.78, 5) is 11.0. The molecule has 0 bridgehead atoms. The molecule has 0 saturated heterocycles. The maximum Gasteiger partial charge on any atom is 0.335 e. The van der Waals surface area contributed by atoms with E-state index in [1.54, 1.807) is 18.2 Å². The first kappa shape index (κ1) is 27.2. The highest BCUT2D eigenvalue weighted by Crippen LogP contribution is 2.25. The van der Waals surface area contributed by atoms with E-state index in [4.69, 9.17) is 9.84 Å². The lowest BCUT2D eigenvalue weighted by Crippen LogP contribution is -2.16. The first-order chi connectivity index (χ1) is 16.6. The summed E-state index contributed by atoms with van der Waals surface area (Å²) in [6, 6.07) is 15.1. The predicted octanol–water partition coefficient (Wildman–Crippen LogP) is 9.02. The van der Waals surface area contributed by atoms with E-state index in [1.165, 1.54) is 38.5 Å². The van der Waals surface area contributed by atoms with Crippen LogP contribution in [0, 0.1) is 0 Å². The van der Waals surface area contributed by atoms with E-state index in [0.717, 1.165) is 42.6 Å². The molecule has 0 fully saturated rings. The third-order valence-corrected chi connectivity index (χ3v) is 5.87. The van der Waals surface area contributed by atoms with Crippen LogP contribution in [0.25, 0.3) is 11.1 Å². The van der Waals surface area contributed by atoms with Crippen LogP contribution in [0.15, 0.2) is 85.5 Å². The zero-order valence-electron chi connectivity index (χ0n) is 20.6. The average Bonchev–Trinajstić information content (AvgIpc) is 2.85. The Hall–Kier alpha value is -3.07. The van der Waals surface area contributed by atoms with Gasteiger partial charge in [0.05, 0.1) is 11.7 Å². The van der Waals surface area contributed by atoms with Crippen LogP contribution in [0.3, 0.4) is 0 Å². The van der Waals surface area contributed by atoms with Gasteiger partial charge in [-0.1, -0.05) is 100 Å². The molecule has 1 atom stereocenters. The number of rotatable bonds is 17. The van der Waals surface area contributed by atoms with Crippen molar-refractivity contribution in [3.63, 3.8) is 0 Å². The summed E-state index contributed by atoms with van der Waals surface area (Å²) in [5.41, 5.74) is 2.36. The molecule has 3 nitrogen and oxygen atoms in total. The van der Waals surface area contributed by atoms with Crippen molar-refractivity contribution in [1.82, 2.24) is 0 Å². The number of carboxylic acids is 1. The lowest BCUT2D eigenvalue weighted by molar-refractivity contribution is 0.0697. The standard InChI is InChI=1S/C31H40O3/c1-3-5-6-7-8-9-10-11-12-13-14-15-17-29(16-4-2)34-30-24-22-27(23-25-30)26-18-20-28(21-19-26)31(32)33/h3,5-8,18-25,29H,1,4,9-17H2,2H3,(H,32,33)/b6-5+,8-7+. The molecule has 0 aliphatic carbocycles. The normalized spacial score (nSPS) is 12.3. The number of benzene rings is 2. The summed E-state index contributed by atoms with van der Waals surface area (Å²) >= 11 is 0. The number of carboxylic acid groups (broad SMARTS) is 1. The minimum Gasteiger partial charge on any atom is -0.490 e. The average molecular weight is 461 g/mol. The van der Waals surface area contributed by atoms with E-state index >= 15 is 0 Å². The molecule has 0 aliphatic heterocycles. The van der Waals surface area contributed by atoms with Crippen LogP contribution in [-0.4, -0.2) is 17.2 Å². The Morgan fingerprint density at radius 1 is 0.853 bits per heavy atom. The molecule has 1 N–H and O–H groups in total. The quantitative estimate of drug-likeness (QED) is 0.189. The van der Waals surface area contributed by atoms with E-state index < -0.39 is 5.97 Å². The minimum atomic E-state index is -0.905. The van der Waals surface area contributed by atoms with E-state index in [0.29, 0.717) is 5.56 Å². The highest BCUT2D eigenvalue weighted by molar-refractivity contribution is 5.88. The maximum atomic E-state index is 11.0. The van der Waals surface area contributed by atoms with Crippen LogP contribution in [0.5, 0.6) is 5.75 Å². The number of unbranched alkanes of at least 4 members (excludes halogenated alkanes) is 6. The molecule has 0 radical (unpaired) electrons. The Labute approximate surface area is 205 Å². The maximum absolute atomic E-state index is 11.0. The molecule has 0 aromatic heterocycles. The molecule has 182 valence electrons. The number of allylic oxidation sites excluding steroid dienone is 5. The second kappa shape index (κ2) is 16.5. The topological polar surface area (TPSA) is 46.5 Å². The number of hydrogen-bond acceptors (Lipinski definition) is 2. The molecule has 1 unspecified atom stereocenters. The van der Waals surface area contributed by atoms with Gasteiger partial charge in [-0.2, -0.15) is 0 Å². The fraction of sp³-hybridized carbons (Fsp3) is 0.387. The minimum absolute atomic E-state index is 0.263. The molecule has 0 heterocycles. The first-order valence-electron chi connectivity index (χ1n) is 12.7. The molecule has 0 amide bonds. The fourth-order valence-corrected chi connectivity index (χ4v) is 3.97. The van der Waals surface area contributed by atoms with E-state index in [-0.39, 0.29) is 6.10 Å². The van der Waals surface area contributed by atoms with Crippen molar-refractivity contribution in [2.24, 2.45) is 0 Å². The van der Waals surface area contributed by atoms with Crippen molar-refractivity contribution in [2.75, 3.05) is 0 Å². The van der Waals surface area contributed by atoms with Gasteiger partial charge in [-0.05, 0) is 67.5 Å². The van der Waals surface area contributed by atoms with E-state index in [9.17, 15) is 4.79 Å². The molecule has 2 aromatic rings. The van der Waals surface area contributed by atoms with Crippen LogP contribution >= 0.6 is 0 Å². The molecular weight excluding hydrogens is 420 g/mol. The second-order valence-electron chi connectivity index (χ2n) is 8.68. The smallest absolute Gasteiger partial charge is 0.335 e. The Kier molecular flexibility index (Phi) is 13.2. The van der Waals surface area contributed by atoms with Gasteiger partial charge < -0.3 is 9.84 Å². The summed E-state index contributed by atoms with van der Waals surface area (Å²) in [5, 5.41) is 9.05. The third kappa shape index (κ3) is 10.7. The lowest BCUT2D eigenvalue weighted by Gasteiger charge is -2.19. The Morgan fingerprint density at radius 3 is 2.09 bits per heavy atom. The monoisotopic (exact) mass is 460 g/mol. The van der Waals surface area contributed by atoms with Gasteiger partial charge in [0, 0.05) is 0 Å². The Bertz CT molecular complexity index is 891. The zero-order valence-corrected chi connectivity index (χ0v) is 20.6. The number of aromatic carboxylic acids is 1. The molecule has 0 aliphatic rings. The van der Waals surface area contributed by atoms with Crippen molar-refractivity contribution in [2.45, 2.75) is 77.2 Å². The summed E-state index contributed by atoms with van der Waals surface area (Å²) in [5.74, 6) is -0.00148. The predicted molar refractivity (Wildman–Crippen MR) is 144 cm³/mol. The van der Waals surface area contributed by atoms with Gasteiger partial charge in [0.15, 0.2) is 0 Å². The highest BCUT2D eigenvalue weighted by Gasteiger charge is 2.10. The van der Waals surface area contributed by atoms with Gasteiger partial charge in [-0.3, -0.25) is 0 Å². The van der Waals surface area contributed by atoms with Crippen LogP contribution < -0.4 is 4.74 Å². The number of carbonyl (C=O) groups is 1. The summed E-state index contributed by atoms with van der Waals surface area (Å²) in [6.45, 7) is 5.87. The summed E-state index contributed by atoms with van der Waals surface area (Å²) < 4.78 is 6.30. The molecular formula is C31H40O3. The van der Waals surface area contributed by atoms with Gasteiger partial charge in [-0.25, -0.2) is 4.79 Å². The van der Waals surface area contributed by atoms with Crippen LogP contribution in [0.2, 0.25) is 0 Å². The lowest BCUT2D eigenvalue weighted by atomic mass is 10.0. The molecule has 34 heavy (non-hydrogen) atoms. The van der Waals surface area contributed by atoms with Crippen LogP contribution in [-0.2, 0) is 0 Å². The van der Waals surface area contributed by atoms with Crippen molar-refractivity contribution < 1.29 is 14.6 Å². The molecule has 2 rings (SSSR count). The summed E-state index contributed by atoms with van der Waals surface area (Å²) in [7, 11) is 0. The Morgan fingerprint density at radius 2 is 1.47 bits per heavy atom. The molecule has 2 aromatic carbocycles. The van der Waals surface area contributed by atoms with Crippen molar-refractivity contribution in [3.05, 3.63) is 91.1 Å². The largest absolute Gasteiger partial charge is 0.490 e. The van der Waals surface area contributed by atoms with Gasteiger partial charge in [0.2, 0.25) is 0 Å². The van der Waals surface area contributed by atoms with Crippen molar-refractivity contribution in [1.29, 1.82) is 0 Å². The summed E-state index contributed by atoms with van der Waals surface area (Å²) in [6.07, 6.45) is 22.5. The first-order valence-corrected chi connectivity index (χ1v) is 12.7. The Balaban J connectivity index is 1.69. The van der Waals surface area contributed by atoms with Crippen molar-refractivity contribution in [3.8, 4) is 16.9 Å². The van der Waals surface area contributed by atoms with Crippen LogP contribution in [0.1, 0.15) is 81.5 Å². The SMILES string of the molecule is C=C/C=C/C=C/CCCCCCCCC(CCC)Oc1ccc(-c2ccc(C(=O)O)cc2)cc1.